The predicted molar refractivity (Wildman–Crippen MR) is 143 cm³/mol. The maximum Gasteiger partial charge on any atom is 0.390 e. The van der Waals surface area contributed by atoms with E-state index >= 15 is 0 Å². The van der Waals surface area contributed by atoms with Crippen molar-refractivity contribution in [1.82, 2.24) is 14.9 Å². The molecule has 0 amide bonds. The molecule has 1 atom stereocenters. The molecule has 1 aliphatic carbocycles. The number of aromatic nitrogens is 2. The van der Waals surface area contributed by atoms with Crippen LogP contribution in [-0.4, -0.2) is 35.4 Å². The van der Waals surface area contributed by atoms with Crippen LogP contribution in [0.3, 0.4) is 0 Å². The van der Waals surface area contributed by atoms with E-state index in [9.17, 15) is 13.2 Å². The molecule has 0 saturated heterocycles. The van der Waals surface area contributed by atoms with Crippen LogP contribution in [0.2, 0.25) is 0 Å². The van der Waals surface area contributed by atoms with Crippen LogP contribution < -0.4 is 20.1 Å². The van der Waals surface area contributed by atoms with Crippen LogP contribution in [0.25, 0.3) is 16.7 Å². The Morgan fingerprint density at radius 2 is 1.84 bits per heavy atom. The Bertz CT molecular complexity index is 1430. The summed E-state index contributed by atoms with van der Waals surface area (Å²) in [4.78, 5) is 4.55. The van der Waals surface area contributed by atoms with Crippen molar-refractivity contribution in [2.24, 2.45) is 0 Å². The zero-order valence-corrected chi connectivity index (χ0v) is 21.6. The van der Waals surface area contributed by atoms with Gasteiger partial charge in [-0.05, 0) is 62.1 Å². The van der Waals surface area contributed by atoms with E-state index in [4.69, 9.17) is 9.47 Å². The van der Waals surface area contributed by atoms with E-state index < -0.39 is 12.6 Å². The molecule has 0 bridgehead atoms. The maximum atomic E-state index is 12.8. The number of nitrogens with one attached hydrogen (secondary N) is 2. The smallest absolute Gasteiger partial charge is 0.390 e. The van der Waals surface area contributed by atoms with Gasteiger partial charge in [-0.1, -0.05) is 18.2 Å². The number of nitrogens with zero attached hydrogens (tertiary/aromatic N) is 2. The van der Waals surface area contributed by atoms with Gasteiger partial charge < -0.3 is 20.1 Å². The van der Waals surface area contributed by atoms with Crippen LogP contribution in [0.15, 0.2) is 60.9 Å². The summed E-state index contributed by atoms with van der Waals surface area (Å²) in [5, 5.41) is 6.55. The highest BCUT2D eigenvalue weighted by molar-refractivity contribution is 5.91. The molecule has 0 spiro atoms. The second-order valence-electron chi connectivity index (χ2n) is 9.70. The maximum absolute atomic E-state index is 12.8. The molecule has 1 aromatic heterocycles. The van der Waals surface area contributed by atoms with E-state index in [-0.39, 0.29) is 12.6 Å². The van der Waals surface area contributed by atoms with Gasteiger partial charge in [-0.2, -0.15) is 13.2 Å². The van der Waals surface area contributed by atoms with Crippen LogP contribution in [-0.2, 0) is 0 Å². The Labute approximate surface area is 219 Å². The normalized spacial score (nSPS) is 14.5. The summed E-state index contributed by atoms with van der Waals surface area (Å²) in [7, 11) is 1.55. The number of hydrogen-bond acceptors (Lipinski definition) is 5. The van der Waals surface area contributed by atoms with E-state index in [0.29, 0.717) is 40.0 Å². The first-order chi connectivity index (χ1) is 18.2. The number of methoxy groups -OCH3 is 1. The van der Waals surface area contributed by atoms with Gasteiger partial charge in [0.25, 0.3) is 0 Å². The molecular weight excluding hydrogens is 493 g/mol. The lowest BCUT2D eigenvalue weighted by Gasteiger charge is -2.18. The van der Waals surface area contributed by atoms with E-state index in [1.54, 1.807) is 31.6 Å². The number of benzene rings is 3. The minimum Gasteiger partial charge on any atom is -0.493 e. The fourth-order valence-corrected chi connectivity index (χ4v) is 4.65. The van der Waals surface area contributed by atoms with Gasteiger partial charge in [0.2, 0.25) is 0 Å². The van der Waals surface area contributed by atoms with Crippen molar-refractivity contribution in [3.8, 4) is 22.9 Å². The highest BCUT2D eigenvalue weighted by Crippen LogP contribution is 2.36. The van der Waals surface area contributed by atoms with E-state index in [1.807, 2.05) is 28.8 Å². The fraction of sp³-hybridized carbons (Fsp3) is 0.345. The first kappa shape index (κ1) is 25.9. The number of hydrogen-bond donors (Lipinski definition) is 2. The molecule has 0 aliphatic heterocycles. The quantitative estimate of drug-likeness (QED) is 0.228. The summed E-state index contributed by atoms with van der Waals surface area (Å²) in [5.74, 6) is 1.50. The van der Waals surface area contributed by atoms with E-state index in [1.165, 1.54) is 18.4 Å². The zero-order chi connectivity index (χ0) is 26.9. The number of para-hydroxylation sites is 2. The Kier molecular flexibility index (Phi) is 7.21. The summed E-state index contributed by atoms with van der Waals surface area (Å²) in [5.41, 5.74) is 5.03. The highest BCUT2D eigenvalue weighted by Gasteiger charge is 2.27. The number of rotatable bonds is 10. The van der Waals surface area contributed by atoms with Crippen LogP contribution in [0.1, 0.15) is 43.4 Å². The van der Waals surface area contributed by atoms with Crippen molar-refractivity contribution in [3.63, 3.8) is 0 Å². The molecule has 1 saturated carbocycles. The van der Waals surface area contributed by atoms with Gasteiger partial charge >= 0.3 is 6.18 Å². The molecule has 2 N–H and O–H groups in total. The first-order valence-corrected chi connectivity index (χ1v) is 12.7. The number of halogens is 3. The van der Waals surface area contributed by atoms with E-state index in [0.717, 1.165) is 11.3 Å². The third kappa shape index (κ3) is 5.88. The van der Waals surface area contributed by atoms with Crippen LogP contribution in [0.5, 0.6) is 17.2 Å². The second kappa shape index (κ2) is 10.6. The molecule has 200 valence electrons. The Morgan fingerprint density at radius 1 is 1.08 bits per heavy atom. The predicted octanol–water partition coefficient (Wildman–Crippen LogP) is 7.31. The monoisotopic (exact) mass is 524 g/mol. The number of aryl methyl sites for hydroxylation is 1. The fourth-order valence-electron chi connectivity index (χ4n) is 4.65. The molecule has 1 unspecified atom stereocenters. The third-order valence-electron chi connectivity index (χ3n) is 6.71. The van der Waals surface area contributed by atoms with E-state index in [2.05, 4.69) is 41.6 Å². The average molecular weight is 525 g/mol. The molecule has 1 aliphatic rings. The van der Waals surface area contributed by atoms with Crippen molar-refractivity contribution < 1.29 is 22.6 Å². The minimum absolute atomic E-state index is 0.251. The number of alkyl halides is 3. The first-order valence-electron chi connectivity index (χ1n) is 12.7. The van der Waals surface area contributed by atoms with Crippen LogP contribution in [0.4, 0.5) is 18.9 Å². The number of fused-ring (bicyclic) bond motifs is 1. The summed E-state index contributed by atoms with van der Waals surface area (Å²) < 4.78 is 52.0. The SMILES string of the molecule is COc1ccccc1Oc1cc(NCCC(F)(F)F)c2ncn(-c3ccc(C(C)NC4CC4)c(C)c3)c2c1. The third-order valence-corrected chi connectivity index (χ3v) is 6.71. The number of imidazole rings is 1. The molecule has 6 nitrogen and oxygen atoms in total. The van der Waals surface area contributed by atoms with Gasteiger partial charge in [0.15, 0.2) is 11.5 Å². The van der Waals surface area contributed by atoms with Gasteiger partial charge in [0.1, 0.15) is 17.6 Å². The largest absolute Gasteiger partial charge is 0.493 e. The van der Waals surface area contributed by atoms with Crippen LogP contribution in [0, 0.1) is 6.92 Å². The molecule has 38 heavy (non-hydrogen) atoms. The van der Waals surface area contributed by atoms with Crippen molar-refractivity contribution in [2.45, 2.75) is 51.4 Å². The van der Waals surface area contributed by atoms with Gasteiger partial charge in [0.05, 0.1) is 24.7 Å². The number of anilines is 1. The standard InChI is InChI=1S/C29H31F3N4O2/c1-18-14-21(10-11-23(18)19(2)35-20-8-9-20)36-17-34-28-24(33-13-12-29(30,31)32)15-22(16-25(28)36)38-27-7-5-4-6-26(27)37-3/h4-7,10-11,14-17,19-20,33,35H,8-9,12-13H2,1-3H3. The molecule has 1 heterocycles. The van der Waals surface area contributed by atoms with Crippen molar-refractivity contribution in [2.75, 3.05) is 19.0 Å². The average Bonchev–Trinajstić information content (AvgIpc) is 3.58. The minimum atomic E-state index is -4.26. The highest BCUT2D eigenvalue weighted by atomic mass is 19.4. The Balaban J connectivity index is 1.52. The molecule has 5 rings (SSSR count). The molecule has 4 aromatic rings. The lowest BCUT2D eigenvalue weighted by atomic mass is 10.0. The van der Waals surface area contributed by atoms with Crippen molar-refractivity contribution >= 4 is 16.7 Å². The summed E-state index contributed by atoms with van der Waals surface area (Å²) in [6.07, 6.45) is -1.09. The van der Waals surface area contributed by atoms with Gasteiger partial charge in [-0.3, -0.25) is 4.57 Å². The Morgan fingerprint density at radius 3 is 2.53 bits per heavy atom. The summed E-state index contributed by atoms with van der Waals surface area (Å²) in [6, 6.07) is 17.8. The summed E-state index contributed by atoms with van der Waals surface area (Å²) in [6.45, 7) is 3.99. The van der Waals surface area contributed by atoms with Crippen molar-refractivity contribution in [3.05, 3.63) is 72.1 Å². The van der Waals surface area contributed by atoms with Crippen LogP contribution >= 0.6 is 0 Å². The van der Waals surface area contributed by atoms with Crippen molar-refractivity contribution in [1.29, 1.82) is 0 Å². The Hall–Kier alpha value is -3.72. The molecule has 1 fully saturated rings. The summed E-state index contributed by atoms with van der Waals surface area (Å²) >= 11 is 0. The topological polar surface area (TPSA) is 60.3 Å². The second-order valence-corrected chi connectivity index (χ2v) is 9.70. The zero-order valence-electron chi connectivity index (χ0n) is 21.6. The molecule has 0 radical (unpaired) electrons. The van der Waals surface area contributed by atoms with Gasteiger partial charge in [0, 0.05) is 36.4 Å². The number of ether oxygens (including phenoxy) is 2. The molecular formula is C29H31F3N4O2. The lowest BCUT2D eigenvalue weighted by Crippen LogP contribution is -2.21. The molecule has 9 heteroatoms. The molecule has 3 aromatic carbocycles. The lowest BCUT2D eigenvalue weighted by molar-refractivity contribution is -0.131. The van der Waals surface area contributed by atoms with Gasteiger partial charge in [-0.25, -0.2) is 4.98 Å². The van der Waals surface area contributed by atoms with Gasteiger partial charge in [-0.15, -0.1) is 0 Å².